The van der Waals surface area contributed by atoms with E-state index in [1.807, 2.05) is 30.5 Å². The molecule has 1 aromatic carbocycles. The third-order valence-electron chi connectivity index (χ3n) is 4.03. The third-order valence-corrected chi connectivity index (χ3v) is 5.04. The first-order chi connectivity index (χ1) is 11.0. The molecule has 0 unspecified atom stereocenters. The molecule has 1 aliphatic heterocycles. The summed E-state index contributed by atoms with van der Waals surface area (Å²) in [6.07, 6.45) is 1.37. The maximum Gasteiger partial charge on any atom is 0.308 e. The Hall–Kier alpha value is -2.21. The molecule has 1 N–H and O–H groups in total. The zero-order valence-electron chi connectivity index (χ0n) is 12.9. The Morgan fingerprint density at radius 1 is 1.39 bits per heavy atom. The van der Waals surface area contributed by atoms with E-state index in [1.54, 1.807) is 22.3 Å². The summed E-state index contributed by atoms with van der Waals surface area (Å²) in [6.45, 7) is 2.84. The number of likely N-dealkylation sites (tertiary alicyclic amines) is 1. The fourth-order valence-corrected chi connectivity index (χ4v) is 3.61. The summed E-state index contributed by atoms with van der Waals surface area (Å²) in [6, 6.07) is 7.39. The van der Waals surface area contributed by atoms with E-state index in [1.165, 1.54) is 0 Å². The highest BCUT2D eigenvalue weighted by Crippen LogP contribution is 2.25. The molecule has 5 nitrogen and oxygen atoms in total. The number of carboxylic acids is 1. The molecule has 0 saturated carbocycles. The molecule has 2 heterocycles. The van der Waals surface area contributed by atoms with Crippen LogP contribution >= 0.6 is 11.3 Å². The van der Waals surface area contributed by atoms with Gasteiger partial charge in [0.25, 0.3) is 5.91 Å². The Kier molecular flexibility index (Phi) is 4.43. The number of carbonyl (C=O) groups excluding carboxylic acids is 1. The molecule has 0 aliphatic carbocycles. The lowest BCUT2D eigenvalue weighted by Gasteiger charge is -2.30. The van der Waals surface area contributed by atoms with Crippen molar-refractivity contribution >= 4 is 23.2 Å². The van der Waals surface area contributed by atoms with E-state index in [0.717, 1.165) is 22.7 Å². The van der Waals surface area contributed by atoms with Gasteiger partial charge in [-0.15, -0.1) is 11.3 Å². The fourth-order valence-electron chi connectivity index (χ4n) is 2.82. The van der Waals surface area contributed by atoms with Crippen LogP contribution in [-0.2, 0) is 4.79 Å². The SMILES string of the molecule is Cc1csc(-c2cccc(C(=O)N3CCC[C@@H](C(=O)O)C3)c2)n1. The number of carboxylic acid groups (broad SMARTS) is 1. The number of rotatable bonds is 3. The van der Waals surface area contributed by atoms with Crippen LogP contribution in [0.5, 0.6) is 0 Å². The van der Waals surface area contributed by atoms with Gasteiger partial charge in [-0.25, -0.2) is 4.98 Å². The maximum atomic E-state index is 12.7. The van der Waals surface area contributed by atoms with Gasteiger partial charge in [0.15, 0.2) is 0 Å². The Morgan fingerprint density at radius 2 is 2.22 bits per heavy atom. The van der Waals surface area contributed by atoms with E-state index in [4.69, 9.17) is 5.11 Å². The van der Waals surface area contributed by atoms with Crippen molar-refractivity contribution in [3.05, 3.63) is 40.9 Å². The molecule has 1 atom stereocenters. The minimum absolute atomic E-state index is 0.105. The van der Waals surface area contributed by atoms with Crippen LogP contribution in [0.2, 0.25) is 0 Å². The Morgan fingerprint density at radius 3 is 2.91 bits per heavy atom. The van der Waals surface area contributed by atoms with Crippen LogP contribution < -0.4 is 0 Å². The van der Waals surface area contributed by atoms with E-state index < -0.39 is 11.9 Å². The summed E-state index contributed by atoms with van der Waals surface area (Å²) >= 11 is 1.55. The molecule has 1 fully saturated rings. The van der Waals surface area contributed by atoms with Crippen LogP contribution in [0, 0.1) is 12.8 Å². The lowest BCUT2D eigenvalue weighted by atomic mass is 9.97. The summed E-state index contributed by atoms with van der Waals surface area (Å²) in [7, 11) is 0. The van der Waals surface area contributed by atoms with E-state index in [-0.39, 0.29) is 12.5 Å². The first-order valence-electron chi connectivity index (χ1n) is 7.59. The van der Waals surface area contributed by atoms with Crippen molar-refractivity contribution in [2.24, 2.45) is 5.92 Å². The second-order valence-electron chi connectivity index (χ2n) is 5.80. The van der Waals surface area contributed by atoms with Crippen molar-refractivity contribution in [2.45, 2.75) is 19.8 Å². The summed E-state index contributed by atoms with van der Waals surface area (Å²) < 4.78 is 0. The van der Waals surface area contributed by atoms with Gasteiger partial charge in [0.05, 0.1) is 5.92 Å². The zero-order valence-corrected chi connectivity index (χ0v) is 13.7. The lowest BCUT2D eigenvalue weighted by molar-refractivity contribution is -0.143. The van der Waals surface area contributed by atoms with Crippen LogP contribution in [-0.4, -0.2) is 40.0 Å². The number of hydrogen-bond donors (Lipinski definition) is 1. The predicted molar refractivity (Wildman–Crippen MR) is 88.6 cm³/mol. The molecule has 0 radical (unpaired) electrons. The molecule has 1 aromatic heterocycles. The van der Waals surface area contributed by atoms with Crippen LogP contribution in [0.25, 0.3) is 10.6 Å². The predicted octanol–water partition coefficient (Wildman–Crippen LogP) is 3.06. The fraction of sp³-hybridized carbons (Fsp3) is 0.353. The monoisotopic (exact) mass is 330 g/mol. The normalized spacial score (nSPS) is 18.0. The minimum Gasteiger partial charge on any atom is -0.481 e. The number of amides is 1. The van der Waals surface area contributed by atoms with Gasteiger partial charge in [-0.3, -0.25) is 9.59 Å². The smallest absolute Gasteiger partial charge is 0.308 e. The molecule has 1 amide bonds. The van der Waals surface area contributed by atoms with Gasteiger partial charge in [0, 0.05) is 35.3 Å². The summed E-state index contributed by atoms with van der Waals surface area (Å²) in [5, 5.41) is 12.0. The quantitative estimate of drug-likeness (QED) is 0.939. The second-order valence-corrected chi connectivity index (χ2v) is 6.66. The molecular formula is C17H18N2O3S. The average molecular weight is 330 g/mol. The third kappa shape index (κ3) is 3.42. The highest BCUT2D eigenvalue weighted by atomic mass is 32.1. The number of aliphatic carboxylic acids is 1. The number of carbonyl (C=O) groups is 2. The van der Waals surface area contributed by atoms with Crippen molar-refractivity contribution in [1.29, 1.82) is 0 Å². The molecule has 6 heteroatoms. The molecular weight excluding hydrogens is 312 g/mol. The van der Waals surface area contributed by atoms with Crippen molar-refractivity contribution in [3.63, 3.8) is 0 Å². The van der Waals surface area contributed by atoms with E-state index in [9.17, 15) is 9.59 Å². The van der Waals surface area contributed by atoms with Gasteiger partial charge in [0.2, 0.25) is 0 Å². The first-order valence-corrected chi connectivity index (χ1v) is 8.47. The van der Waals surface area contributed by atoms with E-state index in [0.29, 0.717) is 18.5 Å². The van der Waals surface area contributed by atoms with Crippen LogP contribution in [0.15, 0.2) is 29.6 Å². The lowest BCUT2D eigenvalue weighted by Crippen LogP contribution is -2.42. The summed E-state index contributed by atoms with van der Waals surface area (Å²) in [5.41, 5.74) is 2.46. The largest absolute Gasteiger partial charge is 0.481 e. The van der Waals surface area contributed by atoms with Crippen LogP contribution in [0.3, 0.4) is 0 Å². The summed E-state index contributed by atoms with van der Waals surface area (Å²) in [5.74, 6) is -1.39. The molecule has 1 aliphatic rings. The maximum absolute atomic E-state index is 12.7. The number of benzene rings is 1. The Labute approximate surface area is 138 Å². The number of aromatic nitrogens is 1. The van der Waals surface area contributed by atoms with Crippen LogP contribution in [0.4, 0.5) is 0 Å². The van der Waals surface area contributed by atoms with Gasteiger partial charge in [-0.1, -0.05) is 12.1 Å². The van der Waals surface area contributed by atoms with Crippen molar-refractivity contribution in [2.75, 3.05) is 13.1 Å². The van der Waals surface area contributed by atoms with Crippen molar-refractivity contribution in [1.82, 2.24) is 9.88 Å². The molecule has 23 heavy (non-hydrogen) atoms. The van der Waals surface area contributed by atoms with Gasteiger partial charge >= 0.3 is 5.97 Å². The number of piperidine rings is 1. The number of hydrogen-bond acceptors (Lipinski definition) is 4. The first kappa shape index (κ1) is 15.7. The Bertz CT molecular complexity index is 741. The molecule has 1 saturated heterocycles. The van der Waals surface area contributed by atoms with Gasteiger partial charge in [-0.2, -0.15) is 0 Å². The molecule has 3 rings (SSSR count). The topological polar surface area (TPSA) is 70.5 Å². The standard InChI is InChI=1S/C17H18N2O3S/c1-11-10-23-15(18-11)12-4-2-5-13(8-12)16(20)19-7-3-6-14(9-19)17(21)22/h2,4-5,8,10,14H,3,6-7,9H2,1H3,(H,21,22)/t14-/m1/s1. The van der Waals surface area contributed by atoms with E-state index >= 15 is 0 Å². The highest BCUT2D eigenvalue weighted by molar-refractivity contribution is 7.13. The zero-order chi connectivity index (χ0) is 16.4. The van der Waals surface area contributed by atoms with Crippen molar-refractivity contribution in [3.8, 4) is 10.6 Å². The number of nitrogens with zero attached hydrogens (tertiary/aromatic N) is 2. The van der Waals surface area contributed by atoms with E-state index in [2.05, 4.69) is 4.98 Å². The van der Waals surface area contributed by atoms with Gasteiger partial charge in [-0.05, 0) is 31.9 Å². The second kappa shape index (κ2) is 6.50. The van der Waals surface area contributed by atoms with Gasteiger partial charge < -0.3 is 10.0 Å². The summed E-state index contributed by atoms with van der Waals surface area (Å²) in [4.78, 5) is 29.9. The van der Waals surface area contributed by atoms with Gasteiger partial charge in [0.1, 0.15) is 5.01 Å². The van der Waals surface area contributed by atoms with Crippen molar-refractivity contribution < 1.29 is 14.7 Å². The minimum atomic E-state index is -0.825. The Balaban J connectivity index is 1.81. The average Bonchev–Trinajstić information content (AvgIpc) is 3.01. The molecule has 120 valence electrons. The molecule has 0 bridgehead atoms. The number of thiazole rings is 1. The van der Waals surface area contributed by atoms with Crippen LogP contribution in [0.1, 0.15) is 28.9 Å². The molecule has 2 aromatic rings. The molecule has 0 spiro atoms. The highest BCUT2D eigenvalue weighted by Gasteiger charge is 2.28. The number of aryl methyl sites for hydroxylation is 1.